The van der Waals surface area contributed by atoms with Crippen LogP contribution in [-0.2, 0) is 13.2 Å². The molecule has 112 valence electrons. The number of methoxy groups -OCH3 is 1. The van der Waals surface area contributed by atoms with Crippen molar-refractivity contribution < 1.29 is 9.47 Å². The molecule has 0 heterocycles. The highest BCUT2D eigenvalue weighted by Crippen LogP contribution is 2.26. The number of rotatable bonds is 7. The van der Waals surface area contributed by atoms with E-state index in [9.17, 15) is 0 Å². The summed E-state index contributed by atoms with van der Waals surface area (Å²) in [6.07, 6.45) is 0. The van der Waals surface area contributed by atoms with Crippen LogP contribution in [0.4, 0.5) is 0 Å². The van der Waals surface area contributed by atoms with E-state index >= 15 is 0 Å². The lowest BCUT2D eigenvalue weighted by atomic mass is 10.2. The molecule has 0 aliphatic carbocycles. The Morgan fingerprint density at radius 2 is 2.00 bits per heavy atom. The average molecular weight is 306 g/mol. The summed E-state index contributed by atoms with van der Waals surface area (Å²) >= 11 is 5.99. The lowest BCUT2D eigenvalue weighted by Crippen LogP contribution is -2.13. The molecule has 3 nitrogen and oxygen atoms in total. The Morgan fingerprint density at radius 3 is 2.71 bits per heavy atom. The summed E-state index contributed by atoms with van der Waals surface area (Å²) in [5.74, 6) is 1.62. The molecule has 0 fully saturated rings. The monoisotopic (exact) mass is 305 g/mol. The first-order valence-electron chi connectivity index (χ1n) is 6.97. The van der Waals surface area contributed by atoms with Crippen LogP contribution < -0.4 is 14.8 Å². The van der Waals surface area contributed by atoms with E-state index in [0.29, 0.717) is 6.61 Å². The zero-order valence-corrected chi connectivity index (χ0v) is 13.1. The minimum atomic E-state index is 0.479. The molecule has 0 aromatic heterocycles. The van der Waals surface area contributed by atoms with Gasteiger partial charge in [-0.05, 0) is 30.3 Å². The molecule has 21 heavy (non-hydrogen) atoms. The standard InChI is InChI=1S/C17H20ClNO2/c1-3-19-11-14-7-8-16(20-2)10-17(14)21-12-13-5-4-6-15(18)9-13/h4-10,19H,3,11-12H2,1-2H3. The Labute approximate surface area is 130 Å². The fourth-order valence-corrected chi connectivity index (χ4v) is 2.20. The number of ether oxygens (including phenoxy) is 2. The quantitative estimate of drug-likeness (QED) is 0.837. The molecule has 2 aromatic carbocycles. The van der Waals surface area contributed by atoms with Gasteiger partial charge in [0.05, 0.1) is 7.11 Å². The molecule has 0 bridgehead atoms. The van der Waals surface area contributed by atoms with Crippen molar-refractivity contribution in [3.05, 3.63) is 58.6 Å². The summed E-state index contributed by atoms with van der Waals surface area (Å²) in [5, 5.41) is 4.03. The van der Waals surface area contributed by atoms with Gasteiger partial charge in [-0.15, -0.1) is 0 Å². The van der Waals surface area contributed by atoms with Crippen LogP contribution in [0.1, 0.15) is 18.1 Å². The predicted octanol–water partition coefficient (Wildman–Crippen LogP) is 4.04. The molecule has 1 N–H and O–H groups in total. The molecule has 0 aliphatic heterocycles. The minimum Gasteiger partial charge on any atom is -0.497 e. The number of hydrogen-bond acceptors (Lipinski definition) is 3. The zero-order valence-electron chi connectivity index (χ0n) is 12.4. The third-order valence-corrected chi connectivity index (χ3v) is 3.36. The third-order valence-electron chi connectivity index (χ3n) is 3.12. The smallest absolute Gasteiger partial charge is 0.127 e. The maximum Gasteiger partial charge on any atom is 0.127 e. The Hall–Kier alpha value is -1.71. The zero-order chi connectivity index (χ0) is 15.1. The van der Waals surface area contributed by atoms with Gasteiger partial charge in [0.25, 0.3) is 0 Å². The average Bonchev–Trinajstić information content (AvgIpc) is 2.51. The summed E-state index contributed by atoms with van der Waals surface area (Å²) in [5.41, 5.74) is 2.15. The van der Waals surface area contributed by atoms with Gasteiger partial charge in [-0.1, -0.05) is 36.7 Å². The van der Waals surface area contributed by atoms with Crippen molar-refractivity contribution in [3.8, 4) is 11.5 Å². The SMILES string of the molecule is CCNCc1ccc(OC)cc1OCc1cccc(Cl)c1. The van der Waals surface area contributed by atoms with Crippen LogP contribution in [-0.4, -0.2) is 13.7 Å². The van der Waals surface area contributed by atoms with Crippen LogP contribution in [0.15, 0.2) is 42.5 Å². The van der Waals surface area contributed by atoms with Crippen LogP contribution in [0.3, 0.4) is 0 Å². The molecule has 0 aliphatic rings. The Bertz CT molecular complexity index is 587. The summed E-state index contributed by atoms with van der Waals surface area (Å²) in [6.45, 7) is 4.24. The first-order valence-corrected chi connectivity index (χ1v) is 7.35. The molecule has 2 aromatic rings. The third kappa shape index (κ3) is 4.66. The first-order chi connectivity index (χ1) is 10.2. The highest BCUT2D eigenvalue weighted by atomic mass is 35.5. The molecule has 0 unspecified atom stereocenters. The lowest BCUT2D eigenvalue weighted by Gasteiger charge is -2.13. The summed E-state index contributed by atoms with van der Waals surface area (Å²) in [6, 6.07) is 13.6. The molecule has 0 saturated carbocycles. The van der Waals surface area contributed by atoms with Gasteiger partial charge >= 0.3 is 0 Å². The van der Waals surface area contributed by atoms with Gasteiger partial charge in [0.1, 0.15) is 18.1 Å². The van der Waals surface area contributed by atoms with E-state index in [4.69, 9.17) is 21.1 Å². The molecule has 0 radical (unpaired) electrons. The van der Waals surface area contributed by atoms with E-state index in [1.54, 1.807) is 7.11 Å². The van der Waals surface area contributed by atoms with Crippen molar-refractivity contribution in [2.45, 2.75) is 20.1 Å². The summed E-state index contributed by atoms with van der Waals surface area (Å²) in [4.78, 5) is 0. The van der Waals surface area contributed by atoms with Crippen LogP contribution in [0.25, 0.3) is 0 Å². The second-order valence-corrected chi connectivity index (χ2v) is 5.11. The highest BCUT2D eigenvalue weighted by molar-refractivity contribution is 6.30. The molecule has 0 atom stereocenters. The normalized spacial score (nSPS) is 10.4. The molecule has 0 amide bonds. The van der Waals surface area contributed by atoms with E-state index in [0.717, 1.165) is 40.7 Å². The van der Waals surface area contributed by atoms with Crippen LogP contribution in [0.5, 0.6) is 11.5 Å². The Balaban J connectivity index is 2.12. The van der Waals surface area contributed by atoms with E-state index in [-0.39, 0.29) is 0 Å². The second kappa shape index (κ2) is 7.91. The largest absolute Gasteiger partial charge is 0.497 e. The summed E-state index contributed by atoms with van der Waals surface area (Å²) < 4.78 is 11.2. The van der Waals surface area contributed by atoms with Gasteiger partial charge in [0.2, 0.25) is 0 Å². The second-order valence-electron chi connectivity index (χ2n) is 4.67. The van der Waals surface area contributed by atoms with Crippen molar-refractivity contribution in [1.82, 2.24) is 5.32 Å². The van der Waals surface area contributed by atoms with Crippen molar-refractivity contribution in [2.75, 3.05) is 13.7 Å². The van der Waals surface area contributed by atoms with Gasteiger partial charge in [-0.25, -0.2) is 0 Å². The van der Waals surface area contributed by atoms with Gasteiger partial charge in [-0.3, -0.25) is 0 Å². The van der Waals surface area contributed by atoms with E-state index in [1.807, 2.05) is 42.5 Å². The minimum absolute atomic E-state index is 0.479. The summed E-state index contributed by atoms with van der Waals surface area (Å²) in [7, 11) is 1.65. The molecular weight excluding hydrogens is 286 g/mol. The Kier molecular flexibility index (Phi) is 5.90. The Morgan fingerprint density at radius 1 is 1.14 bits per heavy atom. The van der Waals surface area contributed by atoms with Crippen LogP contribution >= 0.6 is 11.6 Å². The van der Waals surface area contributed by atoms with Gasteiger partial charge in [0, 0.05) is 23.2 Å². The fraction of sp³-hybridized carbons (Fsp3) is 0.294. The van der Waals surface area contributed by atoms with Crippen molar-refractivity contribution in [2.24, 2.45) is 0 Å². The topological polar surface area (TPSA) is 30.5 Å². The maximum atomic E-state index is 5.99. The van der Waals surface area contributed by atoms with E-state index in [1.165, 1.54) is 0 Å². The molecule has 2 rings (SSSR count). The first kappa shape index (κ1) is 15.7. The van der Waals surface area contributed by atoms with Crippen molar-refractivity contribution in [3.63, 3.8) is 0 Å². The van der Waals surface area contributed by atoms with Gasteiger partial charge in [-0.2, -0.15) is 0 Å². The lowest BCUT2D eigenvalue weighted by molar-refractivity contribution is 0.299. The number of nitrogens with one attached hydrogen (secondary N) is 1. The molecule has 0 spiro atoms. The van der Waals surface area contributed by atoms with Gasteiger partial charge < -0.3 is 14.8 Å². The fourth-order valence-electron chi connectivity index (χ4n) is 1.99. The van der Waals surface area contributed by atoms with Crippen LogP contribution in [0.2, 0.25) is 5.02 Å². The molecule has 0 saturated heterocycles. The predicted molar refractivity (Wildman–Crippen MR) is 86.2 cm³/mol. The maximum absolute atomic E-state index is 5.99. The molecule has 4 heteroatoms. The van der Waals surface area contributed by atoms with Crippen molar-refractivity contribution >= 4 is 11.6 Å². The van der Waals surface area contributed by atoms with Crippen LogP contribution in [0, 0.1) is 0 Å². The van der Waals surface area contributed by atoms with E-state index in [2.05, 4.69) is 12.2 Å². The number of halogens is 1. The van der Waals surface area contributed by atoms with E-state index < -0.39 is 0 Å². The number of benzene rings is 2. The van der Waals surface area contributed by atoms with Gasteiger partial charge in [0.15, 0.2) is 0 Å². The highest BCUT2D eigenvalue weighted by Gasteiger charge is 2.06. The van der Waals surface area contributed by atoms with Crippen molar-refractivity contribution in [1.29, 1.82) is 0 Å². The molecular formula is C17H20ClNO2. The number of hydrogen-bond donors (Lipinski definition) is 1.